The van der Waals surface area contributed by atoms with Gasteiger partial charge in [-0.1, -0.05) is 6.07 Å². The van der Waals surface area contributed by atoms with Crippen molar-refractivity contribution in [3.63, 3.8) is 0 Å². The summed E-state index contributed by atoms with van der Waals surface area (Å²) >= 11 is 0. The fraction of sp³-hybridized carbons (Fsp3) is 0.588. The van der Waals surface area contributed by atoms with E-state index in [0.717, 1.165) is 50.5 Å². The van der Waals surface area contributed by atoms with E-state index in [2.05, 4.69) is 33.9 Å². The molecule has 2 fully saturated rings. The number of nitrogens with zero attached hydrogens (tertiary/aromatic N) is 2. The number of aryl methyl sites for hydroxylation is 1. The SMILES string of the molecule is Cc1ccc2ncc(CNC[C@H]3COC4(CCOCC4)O3)n2c1. The first kappa shape index (κ1) is 15.1. The monoisotopic (exact) mass is 317 g/mol. The molecule has 2 aromatic heterocycles. The lowest BCUT2D eigenvalue weighted by Gasteiger charge is -2.31. The number of imidazole rings is 1. The molecule has 2 aliphatic heterocycles. The highest BCUT2D eigenvalue weighted by Gasteiger charge is 2.42. The van der Waals surface area contributed by atoms with Gasteiger partial charge < -0.3 is 23.9 Å². The largest absolute Gasteiger partial charge is 0.381 e. The van der Waals surface area contributed by atoms with Crippen LogP contribution in [0, 0.1) is 6.92 Å². The summed E-state index contributed by atoms with van der Waals surface area (Å²) in [6.07, 6.45) is 5.81. The number of nitrogens with one attached hydrogen (secondary N) is 1. The van der Waals surface area contributed by atoms with Gasteiger partial charge in [0.15, 0.2) is 5.79 Å². The van der Waals surface area contributed by atoms with Gasteiger partial charge in [-0.3, -0.25) is 0 Å². The van der Waals surface area contributed by atoms with Crippen LogP contribution in [0.4, 0.5) is 0 Å². The summed E-state index contributed by atoms with van der Waals surface area (Å²) < 4.78 is 19.6. The number of ether oxygens (including phenoxy) is 3. The first-order valence-corrected chi connectivity index (χ1v) is 8.27. The lowest BCUT2D eigenvalue weighted by Crippen LogP contribution is -2.39. The zero-order valence-electron chi connectivity index (χ0n) is 13.5. The van der Waals surface area contributed by atoms with E-state index in [1.165, 1.54) is 5.56 Å². The van der Waals surface area contributed by atoms with Gasteiger partial charge in [0.1, 0.15) is 5.65 Å². The zero-order valence-corrected chi connectivity index (χ0v) is 13.5. The topological polar surface area (TPSA) is 57.0 Å². The van der Waals surface area contributed by atoms with Crippen LogP contribution in [0.3, 0.4) is 0 Å². The van der Waals surface area contributed by atoms with Crippen molar-refractivity contribution >= 4 is 5.65 Å². The minimum Gasteiger partial charge on any atom is -0.381 e. The summed E-state index contributed by atoms with van der Waals surface area (Å²) in [6, 6.07) is 4.12. The highest BCUT2D eigenvalue weighted by molar-refractivity contribution is 5.41. The third-order valence-electron chi connectivity index (χ3n) is 4.58. The first-order valence-electron chi connectivity index (χ1n) is 8.27. The van der Waals surface area contributed by atoms with E-state index in [1.54, 1.807) is 0 Å². The average molecular weight is 317 g/mol. The van der Waals surface area contributed by atoms with Gasteiger partial charge in [0.25, 0.3) is 0 Å². The maximum Gasteiger partial charge on any atom is 0.173 e. The van der Waals surface area contributed by atoms with Gasteiger partial charge in [-0.25, -0.2) is 4.98 Å². The van der Waals surface area contributed by atoms with E-state index in [9.17, 15) is 0 Å². The minimum absolute atomic E-state index is 0.106. The van der Waals surface area contributed by atoms with Crippen molar-refractivity contribution in [3.05, 3.63) is 35.8 Å². The fourth-order valence-electron chi connectivity index (χ4n) is 3.29. The van der Waals surface area contributed by atoms with Crippen molar-refractivity contribution in [1.82, 2.24) is 14.7 Å². The van der Waals surface area contributed by atoms with E-state index in [0.29, 0.717) is 6.61 Å². The Balaban J connectivity index is 1.32. The average Bonchev–Trinajstić information content (AvgIpc) is 3.13. The minimum atomic E-state index is -0.398. The molecule has 4 heterocycles. The lowest BCUT2D eigenvalue weighted by atomic mass is 10.1. The molecule has 0 amide bonds. The quantitative estimate of drug-likeness (QED) is 0.929. The Morgan fingerprint density at radius 1 is 1.35 bits per heavy atom. The van der Waals surface area contributed by atoms with Crippen molar-refractivity contribution in [2.24, 2.45) is 0 Å². The molecule has 6 nitrogen and oxygen atoms in total. The molecule has 0 aliphatic carbocycles. The normalized spacial score (nSPS) is 23.8. The molecule has 23 heavy (non-hydrogen) atoms. The molecule has 124 valence electrons. The summed E-state index contributed by atoms with van der Waals surface area (Å²) in [5.74, 6) is -0.398. The maximum absolute atomic E-state index is 6.13. The van der Waals surface area contributed by atoms with Gasteiger partial charge >= 0.3 is 0 Å². The Bertz CT molecular complexity index is 679. The number of pyridine rings is 1. The van der Waals surface area contributed by atoms with Crippen LogP contribution in [-0.2, 0) is 20.8 Å². The molecule has 0 aromatic carbocycles. The van der Waals surface area contributed by atoms with Gasteiger partial charge in [-0.05, 0) is 18.6 Å². The van der Waals surface area contributed by atoms with E-state index in [-0.39, 0.29) is 6.10 Å². The molecule has 1 N–H and O–H groups in total. The van der Waals surface area contributed by atoms with E-state index >= 15 is 0 Å². The summed E-state index contributed by atoms with van der Waals surface area (Å²) in [4.78, 5) is 4.43. The van der Waals surface area contributed by atoms with E-state index in [1.807, 2.05) is 12.3 Å². The molecular formula is C17H23N3O3. The predicted octanol–water partition coefficient (Wildman–Crippen LogP) is 1.65. The molecule has 0 bridgehead atoms. The van der Waals surface area contributed by atoms with Crippen LogP contribution in [0.25, 0.3) is 5.65 Å². The lowest BCUT2D eigenvalue weighted by molar-refractivity contribution is -0.210. The fourth-order valence-corrected chi connectivity index (χ4v) is 3.29. The van der Waals surface area contributed by atoms with Gasteiger partial charge in [-0.15, -0.1) is 0 Å². The third-order valence-corrected chi connectivity index (χ3v) is 4.58. The molecule has 1 spiro atoms. The summed E-state index contributed by atoms with van der Waals surface area (Å²) in [7, 11) is 0. The maximum atomic E-state index is 6.13. The second kappa shape index (κ2) is 6.20. The van der Waals surface area contributed by atoms with Crippen molar-refractivity contribution < 1.29 is 14.2 Å². The van der Waals surface area contributed by atoms with Crippen molar-refractivity contribution in [2.45, 2.75) is 38.2 Å². The molecular weight excluding hydrogens is 294 g/mol. The van der Waals surface area contributed by atoms with Gasteiger partial charge in [-0.2, -0.15) is 0 Å². The molecule has 2 aromatic rings. The Kier molecular flexibility index (Phi) is 4.07. The Labute approximate surface area is 135 Å². The van der Waals surface area contributed by atoms with E-state index in [4.69, 9.17) is 14.2 Å². The molecule has 2 aliphatic rings. The van der Waals surface area contributed by atoms with Gasteiger partial charge in [0.05, 0.1) is 37.8 Å². The smallest absolute Gasteiger partial charge is 0.173 e. The molecule has 0 saturated carbocycles. The van der Waals surface area contributed by atoms with Crippen molar-refractivity contribution in [3.8, 4) is 0 Å². The Morgan fingerprint density at radius 3 is 3.09 bits per heavy atom. The summed E-state index contributed by atoms with van der Waals surface area (Å²) in [5, 5.41) is 3.47. The molecule has 1 atom stereocenters. The molecule has 0 radical (unpaired) electrons. The zero-order chi connectivity index (χ0) is 15.7. The van der Waals surface area contributed by atoms with Crippen molar-refractivity contribution in [1.29, 1.82) is 0 Å². The van der Waals surface area contributed by atoms with Crippen LogP contribution in [0.1, 0.15) is 24.1 Å². The molecule has 6 heteroatoms. The first-order chi connectivity index (χ1) is 11.2. The second-order valence-electron chi connectivity index (χ2n) is 6.39. The second-order valence-corrected chi connectivity index (χ2v) is 6.39. The molecule has 2 saturated heterocycles. The van der Waals surface area contributed by atoms with Crippen molar-refractivity contribution in [2.75, 3.05) is 26.4 Å². The van der Waals surface area contributed by atoms with E-state index < -0.39 is 5.79 Å². The number of hydrogen-bond acceptors (Lipinski definition) is 5. The number of fused-ring (bicyclic) bond motifs is 1. The van der Waals surface area contributed by atoms with Crippen LogP contribution >= 0.6 is 0 Å². The predicted molar refractivity (Wildman–Crippen MR) is 85.2 cm³/mol. The third kappa shape index (κ3) is 3.12. The van der Waals surface area contributed by atoms with Gasteiger partial charge in [0.2, 0.25) is 0 Å². The Morgan fingerprint density at radius 2 is 2.22 bits per heavy atom. The highest BCUT2D eigenvalue weighted by atomic mass is 16.7. The molecule has 4 rings (SSSR count). The Hall–Kier alpha value is -1.47. The standard InChI is InChI=1S/C17H23N3O3/c1-13-2-3-16-19-9-14(20(16)11-13)8-18-10-15-12-22-17(23-15)4-6-21-7-5-17/h2-3,9,11,15,18H,4-8,10,12H2,1H3/t15-/m0/s1. The number of hydrogen-bond donors (Lipinski definition) is 1. The summed E-state index contributed by atoms with van der Waals surface area (Å²) in [5.41, 5.74) is 3.36. The van der Waals surface area contributed by atoms with Crippen LogP contribution in [0.2, 0.25) is 0 Å². The molecule has 0 unspecified atom stereocenters. The number of aromatic nitrogens is 2. The summed E-state index contributed by atoms with van der Waals surface area (Å²) in [6.45, 7) is 5.73. The highest BCUT2D eigenvalue weighted by Crippen LogP contribution is 2.32. The van der Waals surface area contributed by atoms with Gasteiger partial charge in [0, 0.05) is 32.1 Å². The number of rotatable bonds is 4. The van der Waals surface area contributed by atoms with Crippen LogP contribution in [0.15, 0.2) is 24.5 Å². The van der Waals surface area contributed by atoms with Crippen LogP contribution in [-0.4, -0.2) is 47.6 Å². The van der Waals surface area contributed by atoms with Crippen LogP contribution < -0.4 is 5.32 Å². The van der Waals surface area contributed by atoms with Crippen LogP contribution in [0.5, 0.6) is 0 Å².